The third-order valence-corrected chi connectivity index (χ3v) is 2.83. The van der Waals surface area contributed by atoms with Gasteiger partial charge in [-0.05, 0) is 24.6 Å². The minimum absolute atomic E-state index is 0.0930. The van der Waals surface area contributed by atoms with Gasteiger partial charge in [0.1, 0.15) is 5.75 Å². The van der Waals surface area contributed by atoms with Crippen molar-refractivity contribution in [1.29, 1.82) is 0 Å². The molecule has 5 heteroatoms. The number of phenols is 1. The molecule has 0 heterocycles. The van der Waals surface area contributed by atoms with E-state index in [1.165, 1.54) is 18.2 Å². The third kappa shape index (κ3) is 3.58. The number of rotatable bonds is 4. The molecule has 1 aromatic rings. The average molecular weight is 262 g/mol. The molecule has 0 fully saturated rings. The van der Waals surface area contributed by atoms with Crippen LogP contribution in [0.3, 0.4) is 0 Å². The van der Waals surface area contributed by atoms with Crippen molar-refractivity contribution in [3.05, 3.63) is 28.8 Å². The molecule has 0 aromatic heterocycles. The van der Waals surface area contributed by atoms with Crippen LogP contribution in [0.25, 0.3) is 0 Å². The van der Waals surface area contributed by atoms with Crippen LogP contribution >= 0.6 is 23.2 Å². The fourth-order valence-electron chi connectivity index (χ4n) is 1.13. The summed E-state index contributed by atoms with van der Waals surface area (Å²) in [7, 11) is 0. The van der Waals surface area contributed by atoms with E-state index in [1.807, 2.05) is 6.92 Å². The number of benzene rings is 1. The number of amides is 1. The van der Waals surface area contributed by atoms with E-state index in [2.05, 4.69) is 5.32 Å². The fourth-order valence-corrected chi connectivity index (χ4v) is 1.38. The lowest BCUT2D eigenvalue weighted by Crippen LogP contribution is -2.29. The number of phenolic OH excluding ortho intramolecular Hbond substituents is 1. The van der Waals surface area contributed by atoms with Crippen LogP contribution < -0.4 is 5.32 Å². The smallest absolute Gasteiger partial charge is 0.255 e. The van der Waals surface area contributed by atoms with Crippen LogP contribution in [0.1, 0.15) is 23.7 Å². The summed E-state index contributed by atoms with van der Waals surface area (Å²) in [4.78, 5) is 11.6. The van der Waals surface area contributed by atoms with Crippen molar-refractivity contribution >= 4 is 29.1 Å². The van der Waals surface area contributed by atoms with Crippen LogP contribution in [0.4, 0.5) is 0 Å². The SMILES string of the molecule is CCC(Cl)CNC(=O)c1cc(Cl)ccc1O. The number of nitrogens with one attached hydrogen (secondary N) is 1. The molecule has 0 aliphatic rings. The van der Waals surface area contributed by atoms with Crippen molar-refractivity contribution in [1.82, 2.24) is 5.32 Å². The molecule has 1 aromatic carbocycles. The van der Waals surface area contributed by atoms with E-state index in [-0.39, 0.29) is 22.6 Å². The Labute approximate surface area is 104 Å². The minimum Gasteiger partial charge on any atom is -0.507 e. The maximum atomic E-state index is 11.6. The molecule has 0 saturated carbocycles. The summed E-state index contributed by atoms with van der Waals surface area (Å²) >= 11 is 11.6. The van der Waals surface area contributed by atoms with E-state index in [9.17, 15) is 9.90 Å². The molecule has 1 amide bonds. The standard InChI is InChI=1S/C11H13Cl2NO2/c1-2-7(12)6-14-11(16)9-5-8(13)3-4-10(9)15/h3-5,7,15H,2,6H2,1H3,(H,14,16). The van der Waals surface area contributed by atoms with Gasteiger partial charge < -0.3 is 10.4 Å². The van der Waals surface area contributed by atoms with E-state index in [0.717, 1.165) is 6.42 Å². The number of carbonyl (C=O) groups excluding carboxylic acids is 1. The Morgan fingerprint density at radius 2 is 2.25 bits per heavy atom. The zero-order chi connectivity index (χ0) is 12.1. The molecule has 3 nitrogen and oxygen atoms in total. The molecule has 88 valence electrons. The van der Waals surface area contributed by atoms with Crippen molar-refractivity contribution in [3.63, 3.8) is 0 Å². The van der Waals surface area contributed by atoms with Gasteiger partial charge in [0.05, 0.1) is 10.9 Å². The lowest BCUT2D eigenvalue weighted by molar-refractivity contribution is 0.0951. The quantitative estimate of drug-likeness (QED) is 0.820. The van der Waals surface area contributed by atoms with E-state index in [4.69, 9.17) is 23.2 Å². The Kier molecular flexibility index (Phi) is 4.90. The van der Waals surface area contributed by atoms with Crippen LogP contribution in [-0.4, -0.2) is 22.9 Å². The van der Waals surface area contributed by atoms with E-state index >= 15 is 0 Å². The lowest BCUT2D eigenvalue weighted by atomic mass is 10.2. The Morgan fingerprint density at radius 1 is 1.56 bits per heavy atom. The number of aromatic hydroxyl groups is 1. The van der Waals surface area contributed by atoms with Crippen molar-refractivity contribution in [2.45, 2.75) is 18.7 Å². The monoisotopic (exact) mass is 261 g/mol. The van der Waals surface area contributed by atoms with Crippen molar-refractivity contribution < 1.29 is 9.90 Å². The molecule has 1 unspecified atom stereocenters. The molecule has 1 rings (SSSR count). The summed E-state index contributed by atoms with van der Waals surface area (Å²) in [6.07, 6.45) is 0.767. The summed E-state index contributed by atoms with van der Waals surface area (Å²) in [5, 5.41) is 12.4. The highest BCUT2D eigenvalue weighted by Crippen LogP contribution is 2.21. The highest BCUT2D eigenvalue weighted by Gasteiger charge is 2.12. The highest BCUT2D eigenvalue weighted by molar-refractivity contribution is 6.31. The van der Waals surface area contributed by atoms with Gasteiger partial charge in [-0.3, -0.25) is 4.79 Å². The zero-order valence-corrected chi connectivity index (χ0v) is 10.3. The number of hydrogen-bond acceptors (Lipinski definition) is 2. The maximum absolute atomic E-state index is 11.6. The lowest BCUT2D eigenvalue weighted by Gasteiger charge is -2.09. The van der Waals surface area contributed by atoms with Crippen molar-refractivity contribution in [3.8, 4) is 5.75 Å². The largest absolute Gasteiger partial charge is 0.507 e. The number of hydrogen-bond donors (Lipinski definition) is 2. The van der Waals surface area contributed by atoms with Crippen LogP contribution in [0.5, 0.6) is 5.75 Å². The van der Waals surface area contributed by atoms with Gasteiger partial charge >= 0.3 is 0 Å². The van der Waals surface area contributed by atoms with Gasteiger partial charge in [-0.15, -0.1) is 11.6 Å². The number of halogens is 2. The van der Waals surface area contributed by atoms with E-state index in [1.54, 1.807) is 0 Å². The molecule has 0 bridgehead atoms. The Bertz CT molecular complexity index is 382. The fraction of sp³-hybridized carbons (Fsp3) is 0.364. The van der Waals surface area contributed by atoms with Gasteiger partial charge in [-0.1, -0.05) is 18.5 Å². The van der Waals surface area contributed by atoms with Gasteiger partial charge in [0, 0.05) is 11.6 Å². The van der Waals surface area contributed by atoms with Crippen molar-refractivity contribution in [2.75, 3.05) is 6.54 Å². The highest BCUT2D eigenvalue weighted by atomic mass is 35.5. The minimum atomic E-state index is -0.376. The first-order valence-electron chi connectivity index (χ1n) is 4.95. The molecule has 0 saturated heterocycles. The zero-order valence-electron chi connectivity index (χ0n) is 8.84. The topological polar surface area (TPSA) is 49.3 Å². The summed E-state index contributed by atoms with van der Waals surface area (Å²) in [5.41, 5.74) is 0.160. The van der Waals surface area contributed by atoms with Crippen molar-refractivity contribution in [2.24, 2.45) is 0 Å². The Hall–Kier alpha value is -0.930. The van der Waals surface area contributed by atoms with Crippen LogP contribution in [0.2, 0.25) is 5.02 Å². The molecule has 1 atom stereocenters. The molecular weight excluding hydrogens is 249 g/mol. The predicted molar refractivity (Wildman–Crippen MR) is 65.4 cm³/mol. The van der Waals surface area contributed by atoms with Gasteiger partial charge in [0.15, 0.2) is 0 Å². The van der Waals surface area contributed by atoms with Gasteiger partial charge in [0.2, 0.25) is 0 Å². The number of alkyl halides is 1. The Morgan fingerprint density at radius 3 is 2.88 bits per heavy atom. The molecule has 0 aliphatic carbocycles. The second-order valence-corrected chi connectivity index (χ2v) is 4.43. The second kappa shape index (κ2) is 5.97. The second-order valence-electron chi connectivity index (χ2n) is 3.38. The van der Waals surface area contributed by atoms with E-state index in [0.29, 0.717) is 11.6 Å². The molecule has 0 aliphatic heterocycles. The average Bonchev–Trinajstić information content (AvgIpc) is 2.28. The summed E-state index contributed by atoms with van der Waals surface area (Å²) in [6.45, 7) is 2.30. The van der Waals surface area contributed by atoms with Crippen LogP contribution in [0, 0.1) is 0 Å². The first-order valence-corrected chi connectivity index (χ1v) is 5.76. The summed E-state index contributed by atoms with van der Waals surface area (Å²) in [6, 6.07) is 4.32. The van der Waals surface area contributed by atoms with Crippen LogP contribution in [0.15, 0.2) is 18.2 Å². The maximum Gasteiger partial charge on any atom is 0.255 e. The predicted octanol–water partition coefficient (Wildman–Crippen LogP) is 2.79. The summed E-state index contributed by atoms with van der Waals surface area (Å²) in [5.74, 6) is -0.469. The van der Waals surface area contributed by atoms with Gasteiger partial charge in [0.25, 0.3) is 5.91 Å². The molecule has 2 N–H and O–H groups in total. The number of carbonyl (C=O) groups is 1. The molecular formula is C11H13Cl2NO2. The summed E-state index contributed by atoms with van der Waals surface area (Å²) < 4.78 is 0. The first-order chi connectivity index (χ1) is 7.54. The van der Waals surface area contributed by atoms with Crippen LogP contribution in [-0.2, 0) is 0 Å². The first kappa shape index (κ1) is 13.1. The van der Waals surface area contributed by atoms with Gasteiger partial charge in [-0.2, -0.15) is 0 Å². The normalized spacial score (nSPS) is 12.2. The van der Waals surface area contributed by atoms with E-state index < -0.39 is 0 Å². The molecule has 0 radical (unpaired) electrons. The third-order valence-electron chi connectivity index (χ3n) is 2.13. The molecule has 16 heavy (non-hydrogen) atoms. The van der Waals surface area contributed by atoms with Gasteiger partial charge in [-0.25, -0.2) is 0 Å². The Balaban J connectivity index is 2.69. The molecule has 0 spiro atoms.